The molecule has 0 saturated carbocycles. The maximum atomic E-state index is 9.09. The summed E-state index contributed by atoms with van der Waals surface area (Å²) in [6.07, 6.45) is 0. The first kappa shape index (κ1) is 10.2. The van der Waals surface area contributed by atoms with Crippen LogP contribution in [-0.4, -0.2) is 17.2 Å². The highest BCUT2D eigenvalue weighted by Crippen LogP contribution is 2.27. The predicted molar refractivity (Wildman–Crippen MR) is 68.8 cm³/mol. The van der Waals surface area contributed by atoms with Gasteiger partial charge >= 0.3 is 7.12 Å². The molecule has 72 valence electrons. The molecule has 0 aliphatic rings. The summed E-state index contributed by atoms with van der Waals surface area (Å²) in [5.41, 5.74) is 6.18. The number of anilines is 1. The van der Waals surface area contributed by atoms with Gasteiger partial charge in [0.2, 0.25) is 0 Å². The summed E-state index contributed by atoms with van der Waals surface area (Å²) >= 11 is 3.58. The van der Waals surface area contributed by atoms with Crippen LogP contribution in [0.4, 0.5) is 5.00 Å². The van der Waals surface area contributed by atoms with Crippen LogP contribution in [0.25, 0.3) is 10.1 Å². The first-order valence-corrected chi connectivity index (χ1v) is 5.82. The Morgan fingerprint density at radius 2 is 2.00 bits per heavy atom. The number of benzene rings is 1. The first-order chi connectivity index (χ1) is 6.58. The molecule has 14 heavy (non-hydrogen) atoms. The van der Waals surface area contributed by atoms with Crippen molar-refractivity contribution in [3.8, 4) is 0 Å². The van der Waals surface area contributed by atoms with Crippen LogP contribution >= 0.6 is 33.9 Å². The van der Waals surface area contributed by atoms with E-state index in [-0.39, 0.29) is 0 Å². The molecule has 2 aromatic rings. The van der Waals surface area contributed by atoms with Crippen molar-refractivity contribution in [1.29, 1.82) is 0 Å². The maximum Gasteiger partial charge on any atom is 0.489 e. The van der Waals surface area contributed by atoms with Crippen molar-refractivity contribution < 1.29 is 10.0 Å². The second kappa shape index (κ2) is 3.69. The normalized spacial score (nSPS) is 10.8. The van der Waals surface area contributed by atoms with Gasteiger partial charge in [0, 0.05) is 8.27 Å². The van der Waals surface area contributed by atoms with Crippen molar-refractivity contribution in [3.63, 3.8) is 0 Å². The molecule has 0 aliphatic heterocycles. The molecular formula is C8H7BINO2S. The Balaban J connectivity index is 2.70. The number of nitrogens with two attached hydrogens (primary N) is 1. The van der Waals surface area contributed by atoms with Gasteiger partial charge in [-0.25, -0.2) is 0 Å². The quantitative estimate of drug-likeness (QED) is 0.537. The molecule has 0 bridgehead atoms. The number of nitrogen functional groups attached to an aromatic ring is 1. The second-order valence-corrected chi connectivity index (χ2v) is 5.21. The lowest BCUT2D eigenvalue weighted by atomic mass is 9.80. The molecule has 0 amide bonds. The summed E-state index contributed by atoms with van der Waals surface area (Å²) in [4.78, 5) is 0. The van der Waals surface area contributed by atoms with E-state index in [1.807, 2.05) is 12.1 Å². The highest BCUT2D eigenvalue weighted by molar-refractivity contribution is 14.1. The van der Waals surface area contributed by atoms with E-state index in [4.69, 9.17) is 15.8 Å². The lowest BCUT2D eigenvalue weighted by molar-refractivity contribution is 0.425. The summed E-state index contributed by atoms with van der Waals surface area (Å²) in [5.74, 6) is 0. The van der Waals surface area contributed by atoms with Gasteiger partial charge in [-0.15, -0.1) is 11.3 Å². The van der Waals surface area contributed by atoms with Crippen LogP contribution in [0.3, 0.4) is 0 Å². The maximum absolute atomic E-state index is 9.09. The van der Waals surface area contributed by atoms with Crippen LogP contribution in [-0.2, 0) is 0 Å². The van der Waals surface area contributed by atoms with E-state index in [1.165, 1.54) is 11.3 Å². The highest BCUT2D eigenvalue weighted by Gasteiger charge is 2.16. The summed E-state index contributed by atoms with van der Waals surface area (Å²) in [5, 5.41) is 19.9. The molecule has 2 rings (SSSR count). The van der Waals surface area contributed by atoms with E-state index in [2.05, 4.69) is 22.6 Å². The average Bonchev–Trinajstić information content (AvgIpc) is 2.42. The Labute approximate surface area is 98.8 Å². The number of fused-ring (bicyclic) bond motifs is 1. The zero-order valence-electron chi connectivity index (χ0n) is 7.07. The molecule has 0 radical (unpaired) electrons. The predicted octanol–water partition coefficient (Wildman–Crippen LogP) is 0.768. The van der Waals surface area contributed by atoms with E-state index in [9.17, 15) is 0 Å². The summed E-state index contributed by atoms with van der Waals surface area (Å²) in [6, 6.07) is 5.50. The van der Waals surface area contributed by atoms with Crippen LogP contribution in [0.5, 0.6) is 0 Å². The Hall–Kier alpha value is -0.305. The minimum Gasteiger partial charge on any atom is -0.423 e. The monoisotopic (exact) mass is 319 g/mol. The summed E-state index contributed by atoms with van der Waals surface area (Å²) < 4.78 is 1.91. The lowest BCUT2D eigenvalue weighted by Gasteiger charge is -2.02. The molecule has 0 saturated heterocycles. The van der Waals surface area contributed by atoms with Gasteiger partial charge in [0.25, 0.3) is 0 Å². The van der Waals surface area contributed by atoms with Gasteiger partial charge < -0.3 is 15.8 Å². The SMILES string of the molecule is Nc1cc2cc(B(O)O)c(I)cc2s1. The number of rotatable bonds is 1. The fraction of sp³-hybridized carbons (Fsp3) is 0. The third-order valence-corrected chi connectivity index (χ3v) is 3.79. The molecule has 0 unspecified atom stereocenters. The number of halogens is 1. The number of hydrogen-bond acceptors (Lipinski definition) is 4. The van der Waals surface area contributed by atoms with Gasteiger partial charge in [0.15, 0.2) is 0 Å². The molecule has 1 aromatic carbocycles. The molecule has 0 fully saturated rings. The minimum absolute atomic E-state index is 0.524. The van der Waals surface area contributed by atoms with Gasteiger partial charge in [-0.05, 0) is 45.6 Å². The van der Waals surface area contributed by atoms with Crippen molar-refractivity contribution in [2.75, 3.05) is 5.73 Å². The van der Waals surface area contributed by atoms with Crippen LogP contribution in [0, 0.1) is 3.57 Å². The smallest absolute Gasteiger partial charge is 0.423 e. The van der Waals surface area contributed by atoms with Crippen molar-refractivity contribution in [3.05, 3.63) is 21.8 Å². The molecule has 0 atom stereocenters. The number of hydrogen-bond donors (Lipinski definition) is 3. The molecular weight excluding hydrogens is 312 g/mol. The Bertz CT molecular complexity index is 485. The Morgan fingerprint density at radius 1 is 1.29 bits per heavy atom. The van der Waals surface area contributed by atoms with Crippen molar-refractivity contribution in [2.24, 2.45) is 0 Å². The fourth-order valence-corrected chi connectivity index (χ4v) is 3.11. The first-order valence-electron chi connectivity index (χ1n) is 3.92. The second-order valence-electron chi connectivity index (χ2n) is 2.93. The molecule has 1 heterocycles. The Morgan fingerprint density at radius 3 is 2.64 bits per heavy atom. The topological polar surface area (TPSA) is 66.5 Å². The van der Waals surface area contributed by atoms with Crippen molar-refractivity contribution >= 4 is 61.6 Å². The van der Waals surface area contributed by atoms with Gasteiger partial charge in [0.05, 0.1) is 5.00 Å². The van der Waals surface area contributed by atoms with Gasteiger partial charge in [0.1, 0.15) is 0 Å². The van der Waals surface area contributed by atoms with Gasteiger partial charge in [-0.2, -0.15) is 0 Å². The lowest BCUT2D eigenvalue weighted by Crippen LogP contribution is -2.32. The standard InChI is InChI=1S/C8H7BINO2S/c10-6-3-7-4(2-8(11)14-7)1-5(6)9(12)13/h1-3,12-13H,11H2. The summed E-state index contributed by atoms with van der Waals surface area (Å²) in [6.45, 7) is 0. The van der Waals surface area contributed by atoms with Crippen molar-refractivity contribution in [2.45, 2.75) is 0 Å². The van der Waals surface area contributed by atoms with Gasteiger partial charge in [-0.1, -0.05) is 6.07 Å². The number of thiophene rings is 1. The van der Waals surface area contributed by atoms with Gasteiger partial charge in [-0.3, -0.25) is 0 Å². The third kappa shape index (κ3) is 1.74. The average molecular weight is 319 g/mol. The van der Waals surface area contributed by atoms with Crippen LogP contribution in [0.15, 0.2) is 18.2 Å². The van der Waals surface area contributed by atoms with Crippen molar-refractivity contribution in [1.82, 2.24) is 0 Å². The zero-order chi connectivity index (χ0) is 10.3. The molecule has 0 aliphatic carbocycles. The zero-order valence-corrected chi connectivity index (χ0v) is 10.0. The Kier molecular flexibility index (Phi) is 2.69. The van der Waals surface area contributed by atoms with Crippen LogP contribution in [0.1, 0.15) is 0 Å². The molecule has 4 N–H and O–H groups in total. The molecule has 1 aromatic heterocycles. The third-order valence-electron chi connectivity index (χ3n) is 1.93. The van der Waals surface area contributed by atoms with E-state index >= 15 is 0 Å². The minimum atomic E-state index is -1.42. The fourth-order valence-electron chi connectivity index (χ4n) is 1.30. The largest absolute Gasteiger partial charge is 0.489 e. The van der Waals surface area contributed by atoms with E-state index in [1.54, 1.807) is 6.07 Å². The van der Waals surface area contributed by atoms with Crippen LogP contribution < -0.4 is 11.2 Å². The van der Waals surface area contributed by atoms with E-state index in [0.29, 0.717) is 5.46 Å². The highest BCUT2D eigenvalue weighted by atomic mass is 127. The molecule has 6 heteroatoms. The van der Waals surface area contributed by atoms with Crippen LogP contribution in [0.2, 0.25) is 0 Å². The molecule has 0 spiro atoms. The summed E-state index contributed by atoms with van der Waals surface area (Å²) in [7, 11) is -1.42. The molecule has 3 nitrogen and oxygen atoms in total. The van der Waals surface area contributed by atoms with E-state index in [0.717, 1.165) is 18.7 Å². The van der Waals surface area contributed by atoms with E-state index < -0.39 is 7.12 Å².